The minimum absolute atomic E-state index is 0.409. The third-order valence-electron chi connectivity index (χ3n) is 1.65. The Hall–Kier alpha value is -0.750. The van der Waals surface area contributed by atoms with E-state index in [1.54, 1.807) is 17.4 Å². The summed E-state index contributed by atoms with van der Waals surface area (Å²) in [5, 5.41) is 10.8. The van der Waals surface area contributed by atoms with Gasteiger partial charge in [0.05, 0.1) is 4.88 Å². The Kier molecular flexibility index (Phi) is 2.17. The molecule has 0 bridgehead atoms. The van der Waals surface area contributed by atoms with Crippen molar-refractivity contribution < 1.29 is 9.90 Å². The van der Waals surface area contributed by atoms with Crippen molar-refractivity contribution in [2.75, 3.05) is 0 Å². The first-order chi connectivity index (χ1) is 6.18. The monoisotopic (exact) mass is 213 g/mol. The molecule has 2 rings (SSSR count). The highest BCUT2D eigenvalue weighted by Gasteiger charge is 2.15. The van der Waals surface area contributed by atoms with Crippen LogP contribution in [-0.2, 0) is 0 Å². The highest BCUT2D eigenvalue weighted by molar-refractivity contribution is 7.27. The Morgan fingerprint density at radius 2 is 2.31 bits per heavy atom. The lowest BCUT2D eigenvalue weighted by Crippen LogP contribution is -2.28. The Balaban J connectivity index is 2.45. The largest absolute Gasteiger partial charge is 0.371 e. The third kappa shape index (κ3) is 1.51. The van der Waals surface area contributed by atoms with Crippen LogP contribution in [0.2, 0.25) is 0 Å². The summed E-state index contributed by atoms with van der Waals surface area (Å²) in [5.41, 5.74) is 5.07. The SMILES string of the molecule is NC(O)C(=O)c1cc2sccc2s1. The molecule has 1 unspecified atom stereocenters. The predicted octanol–water partition coefficient (Wildman–Crippen LogP) is 1.42. The van der Waals surface area contributed by atoms with Gasteiger partial charge in [-0.15, -0.1) is 22.7 Å². The minimum atomic E-state index is -1.40. The number of Topliss-reactive ketones (excluding diaryl/α,β-unsaturated/α-hetero) is 1. The molecule has 1 atom stereocenters. The molecule has 2 heterocycles. The maximum atomic E-state index is 11.3. The number of carbonyl (C=O) groups excluding carboxylic acids is 1. The van der Waals surface area contributed by atoms with Gasteiger partial charge in [-0.05, 0) is 17.5 Å². The molecule has 0 saturated carbocycles. The molecule has 3 nitrogen and oxygen atoms in total. The molecule has 0 aromatic carbocycles. The lowest BCUT2D eigenvalue weighted by molar-refractivity contribution is 0.0763. The Morgan fingerprint density at radius 3 is 2.92 bits per heavy atom. The van der Waals surface area contributed by atoms with Gasteiger partial charge in [-0.1, -0.05) is 0 Å². The van der Waals surface area contributed by atoms with Crippen molar-refractivity contribution >= 4 is 37.9 Å². The summed E-state index contributed by atoms with van der Waals surface area (Å²) in [6, 6.07) is 3.72. The number of nitrogens with two attached hydrogens (primary N) is 1. The number of rotatable bonds is 2. The van der Waals surface area contributed by atoms with Crippen molar-refractivity contribution in [1.29, 1.82) is 0 Å². The summed E-state index contributed by atoms with van der Waals surface area (Å²) in [5.74, 6) is -0.409. The van der Waals surface area contributed by atoms with Crippen LogP contribution in [0.4, 0.5) is 0 Å². The molecule has 2 aromatic rings. The second-order valence-corrected chi connectivity index (χ2v) is 4.60. The summed E-state index contributed by atoms with van der Waals surface area (Å²) in [4.78, 5) is 11.8. The van der Waals surface area contributed by atoms with Crippen molar-refractivity contribution in [3.63, 3.8) is 0 Å². The molecule has 0 saturated heterocycles. The number of hydrogen-bond donors (Lipinski definition) is 2. The maximum Gasteiger partial charge on any atom is 0.215 e. The lowest BCUT2D eigenvalue weighted by Gasteiger charge is -1.98. The third-order valence-corrected chi connectivity index (χ3v) is 3.76. The molecule has 0 aliphatic heterocycles. The first kappa shape index (κ1) is 8.83. The number of thiophene rings is 2. The van der Waals surface area contributed by atoms with E-state index in [9.17, 15) is 4.79 Å². The van der Waals surface area contributed by atoms with E-state index in [1.807, 2.05) is 11.4 Å². The van der Waals surface area contributed by atoms with E-state index in [1.165, 1.54) is 11.3 Å². The molecule has 68 valence electrons. The van der Waals surface area contributed by atoms with Crippen LogP contribution in [0.1, 0.15) is 9.67 Å². The molecule has 0 spiro atoms. The quantitative estimate of drug-likeness (QED) is 0.586. The minimum Gasteiger partial charge on any atom is -0.371 e. The Labute approximate surface area is 82.4 Å². The Morgan fingerprint density at radius 1 is 1.54 bits per heavy atom. The number of hydrogen-bond acceptors (Lipinski definition) is 5. The maximum absolute atomic E-state index is 11.3. The van der Waals surface area contributed by atoms with Gasteiger partial charge >= 0.3 is 0 Å². The number of aliphatic hydroxyl groups excluding tert-OH is 1. The first-order valence-corrected chi connectivity index (χ1v) is 5.33. The summed E-state index contributed by atoms with van der Waals surface area (Å²) in [6.45, 7) is 0. The van der Waals surface area contributed by atoms with E-state index in [-0.39, 0.29) is 0 Å². The van der Waals surface area contributed by atoms with E-state index in [4.69, 9.17) is 10.8 Å². The molecule has 0 fully saturated rings. The number of ketones is 1. The van der Waals surface area contributed by atoms with Crippen LogP contribution in [0, 0.1) is 0 Å². The predicted molar refractivity (Wildman–Crippen MR) is 54.2 cm³/mol. The van der Waals surface area contributed by atoms with Crippen molar-refractivity contribution in [1.82, 2.24) is 0 Å². The van der Waals surface area contributed by atoms with Crippen LogP contribution in [-0.4, -0.2) is 17.1 Å². The zero-order valence-electron chi connectivity index (χ0n) is 6.56. The molecule has 0 amide bonds. The summed E-state index contributed by atoms with van der Waals surface area (Å²) < 4.78 is 2.13. The second kappa shape index (κ2) is 3.19. The molecular weight excluding hydrogens is 206 g/mol. The van der Waals surface area contributed by atoms with Crippen LogP contribution in [0.25, 0.3) is 9.40 Å². The fourth-order valence-electron chi connectivity index (χ4n) is 1.03. The molecule has 0 aliphatic rings. The van der Waals surface area contributed by atoms with Crippen molar-refractivity contribution in [3.8, 4) is 0 Å². The van der Waals surface area contributed by atoms with Crippen LogP contribution < -0.4 is 5.73 Å². The molecule has 13 heavy (non-hydrogen) atoms. The van der Waals surface area contributed by atoms with Crippen LogP contribution in [0.15, 0.2) is 17.5 Å². The van der Waals surface area contributed by atoms with Gasteiger partial charge < -0.3 is 5.11 Å². The van der Waals surface area contributed by atoms with Crippen molar-refractivity contribution in [3.05, 3.63) is 22.4 Å². The van der Waals surface area contributed by atoms with Crippen molar-refractivity contribution in [2.24, 2.45) is 5.73 Å². The van der Waals surface area contributed by atoms with Gasteiger partial charge in [0.2, 0.25) is 5.78 Å². The second-order valence-electron chi connectivity index (χ2n) is 2.57. The van der Waals surface area contributed by atoms with Crippen LogP contribution in [0.3, 0.4) is 0 Å². The van der Waals surface area contributed by atoms with E-state index in [0.29, 0.717) is 4.88 Å². The molecule has 0 radical (unpaired) electrons. The topological polar surface area (TPSA) is 63.3 Å². The lowest BCUT2D eigenvalue weighted by atomic mass is 10.3. The zero-order valence-corrected chi connectivity index (χ0v) is 8.19. The molecule has 3 N–H and O–H groups in total. The standard InChI is InChI=1S/C8H7NO2S2/c9-8(11)7(10)6-3-5-4(13-6)1-2-12-5/h1-3,8,11H,9H2. The number of fused-ring (bicyclic) bond motifs is 1. The highest BCUT2D eigenvalue weighted by Crippen LogP contribution is 2.30. The van der Waals surface area contributed by atoms with E-state index in [2.05, 4.69) is 0 Å². The molecular formula is C8H7NO2S2. The highest BCUT2D eigenvalue weighted by atomic mass is 32.1. The Bertz CT molecular complexity index is 415. The zero-order chi connectivity index (χ0) is 9.42. The van der Waals surface area contributed by atoms with Gasteiger partial charge in [-0.2, -0.15) is 0 Å². The summed E-state index contributed by atoms with van der Waals surface area (Å²) in [7, 11) is 0. The van der Waals surface area contributed by atoms with Gasteiger partial charge in [-0.25, -0.2) is 0 Å². The van der Waals surface area contributed by atoms with Gasteiger partial charge in [-0.3, -0.25) is 10.5 Å². The van der Waals surface area contributed by atoms with Crippen molar-refractivity contribution in [2.45, 2.75) is 6.23 Å². The van der Waals surface area contributed by atoms with E-state index in [0.717, 1.165) is 9.40 Å². The van der Waals surface area contributed by atoms with Gasteiger partial charge in [0, 0.05) is 9.40 Å². The molecule has 5 heteroatoms. The van der Waals surface area contributed by atoms with Gasteiger partial charge in [0.15, 0.2) is 6.23 Å². The van der Waals surface area contributed by atoms with E-state index < -0.39 is 12.0 Å². The molecule has 0 aliphatic carbocycles. The first-order valence-electron chi connectivity index (χ1n) is 3.63. The molecule has 2 aromatic heterocycles. The summed E-state index contributed by atoms with van der Waals surface area (Å²) in [6.07, 6.45) is -1.40. The fourth-order valence-corrected chi connectivity index (χ4v) is 3.11. The van der Waals surface area contributed by atoms with Gasteiger partial charge in [0.25, 0.3) is 0 Å². The smallest absolute Gasteiger partial charge is 0.215 e. The fraction of sp³-hybridized carbons (Fsp3) is 0.125. The number of aliphatic hydroxyl groups is 1. The van der Waals surface area contributed by atoms with Crippen LogP contribution in [0.5, 0.6) is 0 Å². The normalized spacial score (nSPS) is 13.4. The van der Waals surface area contributed by atoms with E-state index >= 15 is 0 Å². The van der Waals surface area contributed by atoms with Crippen LogP contribution >= 0.6 is 22.7 Å². The number of carbonyl (C=O) groups is 1. The summed E-state index contributed by atoms with van der Waals surface area (Å²) >= 11 is 2.93. The average Bonchev–Trinajstić information content (AvgIpc) is 2.59. The van der Waals surface area contributed by atoms with Gasteiger partial charge in [0.1, 0.15) is 0 Å². The average molecular weight is 213 g/mol.